The van der Waals surface area contributed by atoms with E-state index >= 15 is 0 Å². The summed E-state index contributed by atoms with van der Waals surface area (Å²) >= 11 is 6.19. The van der Waals surface area contributed by atoms with Crippen LogP contribution in [0.1, 0.15) is 12.5 Å². The predicted octanol–water partition coefficient (Wildman–Crippen LogP) is 2.59. The summed E-state index contributed by atoms with van der Waals surface area (Å²) in [7, 11) is 1.78. The highest BCUT2D eigenvalue weighted by Crippen LogP contribution is 2.24. The maximum absolute atomic E-state index is 6.19. The number of nitrogens with zero attached hydrogens (tertiary/aromatic N) is 4. The monoisotopic (exact) mass is 277 g/mol. The van der Waals surface area contributed by atoms with Crippen LogP contribution >= 0.6 is 11.6 Å². The third-order valence-electron chi connectivity index (χ3n) is 2.75. The van der Waals surface area contributed by atoms with Gasteiger partial charge in [0.2, 0.25) is 5.95 Å². The van der Waals surface area contributed by atoms with Gasteiger partial charge in [-0.1, -0.05) is 11.6 Å². The van der Waals surface area contributed by atoms with Gasteiger partial charge in [0.05, 0.1) is 6.20 Å². The van der Waals surface area contributed by atoms with E-state index in [9.17, 15) is 0 Å². The fourth-order valence-corrected chi connectivity index (χ4v) is 1.96. The molecule has 6 heteroatoms. The Morgan fingerprint density at radius 3 is 2.68 bits per heavy atom. The van der Waals surface area contributed by atoms with Crippen molar-refractivity contribution in [3.8, 4) is 0 Å². The van der Waals surface area contributed by atoms with Crippen molar-refractivity contribution in [1.29, 1.82) is 0 Å². The molecule has 2 heterocycles. The fourth-order valence-electron chi connectivity index (χ4n) is 1.75. The average molecular weight is 278 g/mol. The summed E-state index contributed by atoms with van der Waals surface area (Å²) < 4.78 is 0. The van der Waals surface area contributed by atoms with E-state index in [0.717, 1.165) is 24.5 Å². The van der Waals surface area contributed by atoms with Crippen molar-refractivity contribution in [2.75, 3.05) is 23.8 Å². The zero-order valence-electron chi connectivity index (χ0n) is 11.0. The third kappa shape index (κ3) is 3.32. The van der Waals surface area contributed by atoms with Crippen LogP contribution in [-0.2, 0) is 6.54 Å². The van der Waals surface area contributed by atoms with Gasteiger partial charge in [-0.15, -0.1) is 0 Å². The van der Waals surface area contributed by atoms with Crippen LogP contribution in [0.4, 0.5) is 11.8 Å². The van der Waals surface area contributed by atoms with Crippen molar-refractivity contribution in [3.05, 3.63) is 41.3 Å². The second kappa shape index (κ2) is 6.33. The summed E-state index contributed by atoms with van der Waals surface area (Å²) in [6.45, 7) is 3.61. The first-order valence-electron chi connectivity index (χ1n) is 6.08. The highest BCUT2D eigenvalue weighted by atomic mass is 35.5. The van der Waals surface area contributed by atoms with Crippen LogP contribution in [0.15, 0.2) is 30.7 Å². The van der Waals surface area contributed by atoms with Gasteiger partial charge in [0.15, 0.2) is 5.82 Å². The van der Waals surface area contributed by atoms with Crippen LogP contribution in [0, 0.1) is 0 Å². The van der Waals surface area contributed by atoms with Crippen LogP contribution in [0.3, 0.4) is 0 Å². The van der Waals surface area contributed by atoms with E-state index < -0.39 is 0 Å². The third-order valence-corrected chi connectivity index (χ3v) is 3.02. The lowest BCUT2D eigenvalue weighted by molar-refractivity contribution is 0.810. The highest BCUT2D eigenvalue weighted by molar-refractivity contribution is 6.32. The minimum absolute atomic E-state index is 0.551. The van der Waals surface area contributed by atoms with Gasteiger partial charge in [-0.3, -0.25) is 4.98 Å². The Balaban J connectivity index is 2.26. The molecule has 0 amide bonds. The van der Waals surface area contributed by atoms with Gasteiger partial charge >= 0.3 is 0 Å². The summed E-state index contributed by atoms with van der Waals surface area (Å²) in [5, 5.41) is 3.47. The molecule has 0 atom stereocenters. The Hall–Kier alpha value is -1.88. The highest BCUT2D eigenvalue weighted by Gasteiger charge is 2.12. The zero-order chi connectivity index (χ0) is 13.7. The predicted molar refractivity (Wildman–Crippen MR) is 77.5 cm³/mol. The molecule has 2 aromatic heterocycles. The SMILES string of the molecule is CCN(Cc1ccncc1)c1nc(NC)ncc1Cl. The van der Waals surface area contributed by atoms with Crippen molar-refractivity contribution in [2.24, 2.45) is 0 Å². The van der Waals surface area contributed by atoms with Crippen LogP contribution in [0.2, 0.25) is 5.02 Å². The Labute approximate surface area is 117 Å². The topological polar surface area (TPSA) is 53.9 Å². The van der Waals surface area contributed by atoms with Crippen molar-refractivity contribution in [2.45, 2.75) is 13.5 Å². The molecule has 0 fully saturated rings. The molecule has 0 aliphatic rings. The lowest BCUT2D eigenvalue weighted by atomic mass is 10.2. The minimum atomic E-state index is 0.551. The smallest absolute Gasteiger partial charge is 0.224 e. The summed E-state index contributed by atoms with van der Waals surface area (Å²) in [5.41, 5.74) is 1.16. The van der Waals surface area contributed by atoms with Gasteiger partial charge in [0, 0.05) is 32.5 Å². The maximum atomic E-state index is 6.19. The standard InChI is InChI=1S/C13H16ClN5/c1-3-19(9-10-4-6-16-7-5-10)12-11(14)8-17-13(15-2)18-12/h4-8H,3,9H2,1-2H3,(H,15,17,18). The summed E-state index contributed by atoms with van der Waals surface area (Å²) in [4.78, 5) is 14.6. The molecule has 0 spiro atoms. The average Bonchev–Trinajstić information content (AvgIpc) is 2.47. The molecule has 0 bridgehead atoms. The number of hydrogen-bond donors (Lipinski definition) is 1. The molecule has 0 aromatic carbocycles. The number of hydrogen-bond acceptors (Lipinski definition) is 5. The van der Waals surface area contributed by atoms with Gasteiger partial charge in [-0.2, -0.15) is 4.98 Å². The van der Waals surface area contributed by atoms with Crippen molar-refractivity contribution >= 4 is 23.4 Å². The number of aromatic nitrogens is 3. The molecule has 0 aliphatic carbocycles. The second-order valence-electron chi connectivity index (χ2n) is 3.98. The van der Waals surface area contributed by atoms with E-state index in [2.05, 4.69) is 32.1 Å². The van der Waals surface area contributed by atoms with Crippen molar-refractivity contribution in [3.63, 3.8) is 0 Å². The first kappa shape index (κ1) is 13.5. The van der Waals surface area contributed by atoms with Gasteiger partial charge in [-0.25, -0.2) is 4.98 Å². The summed E-state index contributed by atoms with van der Waals surface area (Å²) in [6, 6.07) is 3.97. The molecule has 0 unspecified atom stereocenters. The molecule has 0 aliphatic heterocycles. The second-order valence-corrected chi connectivity index (χ2v) is 4.39. The number of pyridine rings is 1. The first-order chi connectivity index (χ1) is 9.24. The normalized spacial score (nSPS) is 10.3. The molecular weight excluding hydrogens is 262 g/mol. The molecule has 2 rings (SSSR count). The van der Waals surface area contributed by atoms with E-state index in [1.165, 1.54) is 0 Å². The molecule has 19 heavy (non-hydrogen) atoms. The molecule has 0 saturated heterocycles. The maximum Gasteiger partial charge on any atom is 0.224 e. The van der Waals surface area contributed by atoms with Crippen LogP contribution in [0.25, 0.3) is 0 Å². The molecule has 100 valence electrons. The van der Waals surface area contributed by atoms with E-state index in [1.807, 2.05) is 12.1 Å². The van der Waals surface area contributed by atoms with Gasteiger partial charge in [0.1, 0.15) is 5.02 Å². The Bertz CT molecular complexity index is 532. The molecular formula is C13H16ClN5. The molecule has 1 N–H and O–H groups in total. The van der Waals surface area contributed by atoms with Gasteiger partial charge in [-0.05, 0) is 24.6 Å². The van der Waals surface area contributed by atoms with Crippen LogP contribution in [-0.4, -0.2) is 28.5 Å². The Kier molecular flexibility index (Phi) is 4.52. The Morgan fingerprint density at radius 2 is 2.05 bits per heavy atom. The Morgan fingerprint density at radius 1 is 1.32 bits per heavy atom. The lowest BCUT2D eigenvalue weighted by Crippen LogP contribution is -2.24. The van der Waals surface area contributed by atoms with E-state index in [-0.39, 0.29) is 0 Å². The summed E-state index contributed by atoms with van der Waals surface area (Å²) in [5.74, 6) is 1.30. The number of rotatable bonds is 5. The van der Waals surface area contributed by atoms with Gasteiger partial charge < -0.3 is 10.2 Å². The number of nitrogens with one attached hydrogen (secondary N) is 1. The van der Waals surface area contributed by atoms with E-state index in [0.29, 0.717) is 11.0 Å². The van der Waals surface area contributed by atoms with Crippen LogP contribution < -0.4 is 10.2 Å². The van der Waals surface area contributed by atoms with E-state index in [1.54, 1.807) is 25.6 Å². The minimum Gasteiger partial charge on any atom is -0.357 e. The fraction of sp³-hybridized carbons (Fsp3) is 0.308. The molecule has 0 radical (unpaired) electrons. The zero-order valence-corrected chi connectivity index (χ0v) is 11.7. The number of anilines is 2. The van der Waals surface area contributed by atoms with Gasteiger partial charge in [0.25, 0.3) is 0 Å². The number of halogens is 1. The quantitative estimate of drug-likeness (QED) is 0.910. The summed E-state index contributed by atoms with van der Waals surface area (Å²) in [6.07, 6.45) is 5.18. The lowest BCUT2D eigenvalue weighted by Gasteiger charge is -2.23. The largest absolute Gasteiger partial charge is 0.357 e. The first-order valence-corrected chi connectivity index (χ1v) is 6.46. The molecule has 0 saturated carbocycles. The van der Waals surface area contributed by atoms with Crippen molar-refractivity contribution in [1.82, 2.24) is 15.0 Å². The molecule has 5 nitrogen and oxygen atoms in total. The van der Waals surface area contributed by atoms with E-state index in [4.69, 9.17) is 11.6 Å². The van der Waals surface area contributed by atoms with Crippen LogP contribution in [0.5, 0.6) is 0 Å². The molecule has 2 aromatic rings. The van der Waals surface area contributed by atoms with Crippen molar-refractivity contribution < 1.29 is 0 Å².